The zero-order chi connectivity index (χ0) is 22.8. The quantitative estimate of drug-likeness (QED) is 0.263. The van der Waals surface area contributed by atoms with Gasteiger partial charge in [0.2, 0.25) is 0 Å². The molecule has 5 nitrogen and oxygen atoms in total. The topological polar surface area (TPSA) is 44.3 Å². The smallest absolute Gasteiger partial charge is 0.348 e. The second-order valence-electron chi connectivity index (χ2n) is 9.54. The molecule has 4 rings (SSSR count). The van der Waals surface area contributed by atoms with E-state index in [4.69, 9.17) is 9.47 Å². The van der Waals surface area contributed by atoms with Crippen LogP contribution in [-0.4, -0.2) is 23.8 Å². The average molecular weight is 562 g/mol. The fraction of sp³-hybridized carbons (Fsp3) is 0.481. The van der Waals surface area contributed by atoms with Crippen LogP contribution in [0.4, 0.5) is 0 Å². The van der Waals surface area contributed by atoms with Gasteiger partial charge in [0.25, 0.3) is 5.82 Å². The number of methoxy groups -OCH3 is 1. The van der Waals surface area contributed by atoms with Crippen LogP contribution in [0.2, 0.25) is 0 Å². The molecule has 3 atom stereocenters. The summed E-state index contributed by atoms with van der Waals surface area (Å²) in [5.41, 5.74) is 3.14. The van der Waals surface area contributed by atoms with Crippen LogP contribution < -0.4 is 33.3 Å². The number of rotatable bonds is 6. The molecule has 0 aliphatic heterocycles. The molecule has 3 aromatic rings. The van der Waals surface area contributed by atoms with Crippen molar-refractivity contribution in [1.29, 1.82) is 0 Å². The molecule has 1 saturated carbocycles. The van der Waals surface area contributed by atoms with Gasteiger partial charge in [0.15, 0.2) is 17.6 Å². The van der Waals surface area contributed by atoms with Crippen LogP contribution in [-0.2, 0) is 23.1 Å². The van der Waals surface area contributed by atoms with Crippen LogP contribution >= 0.6 is 0 Å². The number of nitrogens with zero attached hydrogens (tertiary/aromatic N) is 2. The SMILES string of the molecule is COc1ccc(-c2n(CC(=O)OC3C[C@H](C)CC[C@H]3C(C)C)c3ccccc3[n+]2C)cc1.[I-]. The number of carbonyl (C=O) groups is 1. The summed E-state index contributed by atoms with van der Waals surface area (Å²) in [7, 11) is 3.71. The number of halogens is 1. The standard InChI is InChI=1S/C27H35N2O3.HI/c1-18(2)22-15-10-19(3)16-25(22)32-26(30)17-29-24-9-7-6-8-23(24)28(4)27(29)20-11-13-21(31-5)14-12-20;/h6-9,11-14,18-19,22,25H,10,15-17H2,1-5H3;1H/q+1;/p-1/t19-,22+,25?;/m1./s1. The number of hydrogen-bond acceptors (Lipinski definition) is 3. The van der Waals surface area contributed by atoms with Crippen LogP contribution in [0.5, 0.6) is 5.75 Å². The lowest BCUT2D eigenvalue weighted by Crippen LogP contribution is -3.00. The minimum absolute atomic E-state index is 0. The van der Waals surface area contributed by atoms with E-state index in [1.807, 2.05) is 43.4 Å². The van der Waals surface area contributed by atoms with Gasteiger partial charge in [0, 0.05) is 0 Å². The Morgan fingerprint density at radius 3 is 2.48 bits per heavy atom. The maximum atomic E-state index is 13.2. The number of ether oxygens (including phenoxy) is 2. The monoisotopic (exact) mass is 562 g/mol. The van der Waals surface area contributed by atoms with Crippen molar-refractivity contribution >= 4 is 17.0 Å². The Balaban J connectivity index is 0.00000306. The molecule has 2 aromatic carbocycles. The molecule has 1 aliphatic rings. The molecule has 0 N–H and O–H groups in total. The number of carbonyl (C=O) groups excluding carboxylic acids is 1. The first kappa shape index (κ1) is 25.5. The molecular formula is C27H35IN2O3. The zero-order valence-electron chi connectivity index (χ0n) is 20.3. The first-order valence-electron chi connectivity index (χ1n) is 11.7. The lowest BCUT2D eigenvalue weighted by atomic mass is 9.75. The van der Waals surface area contributed by atoms with E-state index < -0.39 is 0 Å². The van der Waals surface area contributed by atoms with Crippen LogP contribution in [0.3, 0.4) is 0 Å². The number of aromatic nitrogens is 2. The van der Waals surface area contributed by atoms with E-state index in [0.717, 1.165) is 41.0 Å². The molecule has 0 amide bonds. The van der Waals surface area contributed by atoms with E-state index in [9.17, 15) is 4.79 Å². The molecule has 0 radical (unpaired) electrons. The number of esters is 1. The molecule has 1 aliphatic carbocycles. The second-order valence-corrected chi connectivity index (χ2v) is 9.54. The number of fused-ring (bicyclic) bond motifs is 1. The van der Waals surface area contributed by atoms with Crippen molar-refractivity contribution in [1.82, 2.24) is 4.57 Å². The predicted octanol–water partition coefficient (Wildman–Crippen LogP) is 2.15. The summed E-state index contributed by atoms with van der Waals surface area (Å²) in [5.74, 6) is 3.18. The normalized spacial score (nSPS) is 20.5. The Hall–Kier alpha value is -2.09. The number of benzene rings is 2. The molecule has 0 spiro atoms. The summed E-state index contributed by atoms with van der Waals surface area (Å²) in [5, 5.41) is 0. The maximum Gasteiger partial charge on any atom is 0.348 e. The molecule has 1 heterocycles. The van der Waals surface area contributed by atoms with Crippen molar-refractivity contribution < 1.29 is 42.8 Å². The molecular weight excluding hydrogens is 527 g/mol. The predicted molar refractivity (Wildman–Crippen MR) is 126 cm³/mol. The second kappa shape index (κ2) is 10.9. The molecule has 1 unspecified atom stereocenters. The molecule has 0 saturated heterocycles. The summed E-state index contributed by atoms with van der Waals surface area (Å²) < 4.78 is 15.7. The Bertz CT molecular complexity index is 1090. The molecule has 1 fully saturated rings. The van der Waals surface area contributed by atoms with Crippen molar-refractivity contribution in [3.05, 3.63) is 48.5 Å². The lowest BCUT2D eigenvalue weighted by Gasteiger charge is -2.36. The highest BCUT2D eigenvalue weighted by molar-refractivity contribution is 5.79. The van der Waals surface area contributed by atoms with Gasteiger partial charge in [-0.1, -0.05) is 39.3 Å². The number of para-hydroxylation sites is 2. The average Bonchev–Trinajstić information content (AvgIpc) is 3.05. The van der Waals surface area contributed by atoms with Crippen molar-refractivity contribution in [3.8, 4) is 17.1 Å². The minimum Gasteiger partial charge on any atom is -1.00 e. The molecule has 0 bridgehead atoms. The third kappa shape index (κ3) is 5.36. The van der Waals surface area contributed by atoms with Crippen molar-refractivity contribution in [2.24, 2.45) is 24.8 Å². The summed E-state index contributed by atoms with van der Waals surface area (Å²) in [6.45, 7) is 6.93. The molecule has 178 valence electrons. The zero-order valence-corrected chi connectivity index (χ0v) is 22.4. The van der Waals surface area contributed by atoms with Crippen molar-refractivity contribution in [3.63, 3.8) is 0 Å². The third-order valence-corrected chi connectivity index (χ3v) is 6.99. The van der Waals surface area contributed by atoms with E-state index in [-0.39, 0.29) is 42.6 Å². The maximum absolute atomic E-state index is 13.2. The number of aryl methyl sites for hydroxylation is 1. The number of hydrogen-bond donors (Lipinski definition) is 0. The molecule has 1 aromatic heterocycles. The largest absolute Gasteiger partial charge is 1.00 e. The minimum atomic E-state index is -0.161. The first-order chi connectivity index (χ1) is 15.4. The first-order valence-corrected chi connectivity index (χ1v) is 11.7. The van der Waals surface area contributed by atoms with Gasteiger partial charge < -0.3 is 33.5 Å². The Labute approximate surface area is 214 Å². The summed E-state index contributed by atoms with van der Waals surface area (Å²) in [4.78, 5) is 13.2. The van der Waals surface area contributed by atoms with Crippen LogP contribution in [0.1, 0.15) is 40.0 Å². The van der Waals surface area contributed by atoms with E-state index in [1.54, 1.807) is 7.11 Å². The molecule has 33 heavy (non-hydrogen) atoms. The summed E-state index contributed by atoms with van der Waals surface area (Å²) in [6.07, 6.45) is 3.32. The molecule has 6 heteroatoms. The van der Waals surface area contributed by atoms with Gasteiger partial charge in [0.1, 0.15) is 11.9 Å². The summed E-state index contributed by atoms with van der Waals surface area (Å²) in [6, 6.07) is 16.2. The lowest BCUT2D eigenvalue weighted by molar-refractivity contribution is -0.634. The van der Waals surface area contributed by atoms with Crippen molar-refractivity contribution in [2.45, 2.75) is 52.7 Å². The van der Waals surface area contributed by atoms with Gasteiger partial charge in [-0.3, -0.25) is 0 Å². The Morgan fingerprint density at radius 1 is 1.12 bits per heavy atom. The highest BCUT2D eigenvalue weighted by Crippen LogP contribution is 2.35. The van der Waals surface area contributed by atoms with E-state index in [1.165, 1.54) is 6.42 Å². The van der Waals surface area contributed by atoms with Gasteiger partial charge in [-0.05, 0) is 67.0 Å². The Morgan fingerprint density at radius 2 is 1.82 bits per heavy atom. The fourth-order valence-corrected chi connectivity index (χ4v) is 5.22. The van der Waals surface area contributed by atoms with Gasteiger partial charge in [-0.25, -0.2) is 13.9 Å². The third-order valence-electron chi connectivity index (χ3n) is 6.99. The van der Waals surface area contributed by atoms with Gasteiger partial charge in [-0.15, -0.1) is 0 Å². The Kier molecular flexibility index (Phi) is 8.43. The fourth-order valence-electron chi connectivity index (χ4n) is 5.22. The van der Waals surface area contributed by atoms with Crippen LogP contribution in [0.25, 0.3) is 22.4 Å². The van der Waals surface area contributed by atoms with E-state index >= 15 is 0 Å². The number of imidazole rings is 1. The van der Waals surface area contributed by atoms with Gasteiger partial charge >= 0.3 is 5.97 Å². The van der Waals surface area contributed by atoms with Crippen molar-refractivity contribution in [2.75, 3.05) is 7.11 Å². The van der Waals surface area contributed by atoms with Gasteiger partial charge in [0.05, 0.1) is 19.7 Å². The van der Waals surface area contributed by atoms with Crippen LogP contribution in [0, 0.1) is 17.8 Å². The summed E-state index contributed by atoms with van der Waals surface area (Å²) >= 11 is 0. The van der Waals surface area contributed by atoms with Gasteiger partial charge in [-0.2, -0.15) is 0 Å². The van der Waals surface area contributed by atoms with Crippen LogP contribution in [0.15, 0.2) is 48.5 Å². The highest BCUT2D eigenvalue weighted by atomic mass is 127. The highest BCUT2D eigenvalue weighted by Gasteiger charge is 2.34. The van der Waals surface area contributed by atoms with E-state index in [2.05, 4.69) is 42.0 Å². The van der Waals surface area contributed by atoms with E-state index in [0.29, 0.717) is 17.8 Å².